The third kappa shape index (κ3) is 41.1. The van der Waals surface area contributed by atoms with E-state index >= 15 is 0 Å². The van der Waals surface area contributed by atoms with Crippen LogP contribution < -0.4 is 0 Å². The lowest BCUT2D eigenvalue weighted by molar-refractivity contribution is -0.133. The van der Waals surface area contributed by atoms with Crippen molar-refractivity contribution in [1.29, 1.82) is 0 Å². The van der Waals surface area contributed by atoms with Crippen molar-refractivity contribution in [3.8, 4) is 0 Å². The second kappa shape index (κ2) is 25.5. The lowest BCUT2D eigenvalue weighted by Crippen LogP contribution is -2.03. The van der Waals surface area contributed by atoms with Gasteiger partial charge in [-0.3, -0.25) is 0 Å². The number of aliphatic hydroxyl groups is 3. The molecule has 0 unspecified atom stereocenters. The number of carboxylic acid groups (broad SMARTS) is 3. The summed E-state index contributed by atoms with van der Waals surface area (Å²) in [6.45, 7) is 11.6. The lowest BCUT2D eigenvalue weighted by Gasteiger charge is -1.94. The molecule has 0 saturated heterocycles. The quantitative estimate of drug-likeness (QED) is 0.220. The summed E-state index contributed by atoms with van der Waals surface area (Å²) in [7, 11) is 0. The zero-order valence-electron chi connectivity index (χ0n) is 17.3. The van der Waals surface area contributed by atoms with Crippen LogP contribution >= 0.6 is 0 Å². The Bertz CT molecular complexity index is 457. The average molecular weight is 422 g/mol. The van der Waals surface area contributed by atoms with Crippen LogP contribution in [0.25, 0.3) is 0 Å². The second-order valence-corrected chi connectivity index (χ2v) is 5.29. The molecule has 0 radical (unpaired) electrons. The Labute approximate surface area is 171 Å². The maximum atomic E-state index is 10.2. The van der Waals surface area contributed by atoms with Gasteiger partial charge in [0.2, 0.25) is 0 Å². The molecule has 0 heterocycles. The molecular weight excluding hydrogens is 388 g/mol. The zero-order valence-corrected chi connectivity index (χ0v) is 17.3. The maximum Gasteiger partial charge on any atom is 0.330 e. The standard InChI is InChI=1S/C7H12O3.C4H10O3.2C4H6O2/c1-6(7(9)10)4-2-3-5-8;5-1-3-7-4-2-6;2*1-3(2)4(5)6/h4,8H,2-3,5H2,1H3,(H,9,10);5-6H,1-4H2;2*1H2,2H3,(H,5,6). The minimum absolute atomic E-state index is 0.0278. The Morgan fingerprint density at radius 2 is 1.10 bits per heavy atom. The number of allylic oxidation sites excluding steroid dienone is 1. The van der Waals surface area contributed by atoms with E-state index in [1.807, 2.05) is 0 Å². The van der Waals surface area contributed by atoms with Crippen molar-refractivity contribution in [3.63, 3.8) is 0 Å². The van der Waals surface area contributed by atoms with Gasteiger partial charge in [0.1, 0.15) is 0 Å². The summed E-state index contributed by atoms with van der Waals surface area (Å²) >= 11 is 0. The number of unbranched alkanes of at least 4 members (excludes halogenated alkanes) is 1. The van der Waals surface area contributed by atoms with Gasteiger partial charge < -0.3 is 35.4 Å². The van der Waals surface area contributed by atoms with E-state index < -0.39 is 17.9 Å². The first kappa shape index (κ1) is 34.0. The summed E-state index contributed by atoms with van der Waals surface area (Å²) in [5.74, 6) is -2.76. The number of aliphatic carboxylic acids is 3. The highest BCUT2D eigenvalue weighted by atomic mass is 16.5. The molecule has 6 N–H and O–H groups in total. The van der Waals surface area contributed by atoms with Gasteiger partial charge in [0.15, 0.2) is 0 Å². The van der Waals surface area contributed by atoms with Gasteiger partial charge in [-0.2, -0.15) is 0 Å². The van der Waals surface area contributed by atoms with E-state index in [1.165, 1.54) is 13.8 Å². The van der Waals surface area contributed by atoms with Crippen LogP contribution in [0.15, 0.2) is 36.0 Å². The van der Waals surface area contributed by atoms with Gasteiger partial charge in [0.05, 0.1) is 26.4 Å². The van der Waals surface area contributed by atoms with Crippen LogP contribution in [0.4, 0.5) is 0 Å². The molecule has 10 nitrogen and oxygen atoms in total. The van der Waals surface area contributed by atoms with Gasteiger partial charge in [-0.05, 0) is 33.6 Å². The van der Waals surface area contributed by atoms with E-state index in [2.05, 4.69) is 17.9 Å². The smallest absolute Gasteiger partial charge is 0.330 e. The van der Waals surface area contributed by atoms with Crippen LogP contribution in [-0.4, -0.2) is 81.6 Å². The van der Waals surface area contributed by atoms with Crippen LogP contribution in [-0.2, 0) is 19.1 Å². The molecule has 0 fully saturated rings. The van der Waals surface area contributed by atoms with Gasteiger partial charge in [0, 0.05) is 23.3 Å². The highest BCUT2D eigenvalue weighted by Crippen LogP contribution is 1.97. The highest BCUT2D eigenvalue weighted by Gasteiger charge is 1.96. The van der Waals surface area contributed by atoms with Gasteiger partial charge in [-0.1, -0.05) is 19.2 Å². The minimum atomic E-state index is -0.935. The molecule has 170 valence electrons. The van der Waals surface area contributed by atoms with Crippen LogP contribution in [0.1, 0.15) is 33.6 Å². The summed E-state index contributed by atoms with van der Waals surface area (Å²) < 4.78 is 4.63. The number of hydrogen-bond donors (Lipinski definition) is 6. The first-order chi connectivity index (χ1) is 13.4. The summed E-state index contributed by atoms with van der Waals surface area (Å²) in [6, 6.07) is 0. The summed E-state index contributed by atoms with van der Waals surface area (Å²) in [4.78, 5) is 29.4. The van der Waals surface area contributed by atoms with Crippen LogP contribution in [0.2, 0.25) is 0 Å². The van der Waals surface area contributed by atoms with E-state index in [1.54, 1.807) is 13.0 Å². The Balaban J connectivity index is -0.000000148. The second-order valence-electron chi connectivity index (χ2n) is 5.29. The monoisotopic (exact) mass is 422 g/mol. The lowest BCUT2D eigenvalue weighted by atomic mass is 10.2. The Kier molecular flexibility index (Phi) is 29.9. The van der Waals surface area contributed by atoms with Gasteiger partial charge in [-0.25, -0.2) is 14.4 Å². The molecule has 29 heavy (non-hydrogen) atoms. The number of carbonyl (C=O) groups is 3. The van der Waals surface area contributed by atoms with E-state index in [4.69, 9.17) is 30.6 Å². The predicted molar refractivity (Wildman–Crippen MR) is 108 cm³/mol. The van der Waals surface area contributed by atoms with Crippen molar-refractivity contribution in [2.75, 3.05) is 33.0 Å². The number of carboxylic acids is 3. The molecule has 0 spiro atoms. The largest absolute Gasteiger partial charge is 0.478 e. The molecule has 10 heteroatoms. The molecule has 0 aromatic heterocycles. The number of aliphatic hydroxyl groups excluding tert-OH is 3. The summed E-state index contributed by atoms with van der Waals surface area (Å²) in [6.07, 6.45) is 2.87. The van der Waals surface area contributed by atoms with Crippen molar-refractivity contribution in [1.82, 2.24) is 0 Å². The van der Waals surface area contributed by atoms with Gasteiger partial charge in [0.25, 0.3) is 0 Å². The molecule has 0 aliphatic heterocycles. The molecule has 0 aromatic rings. The normalized spacial score (nSPS) is 9.38. The van der Waals surface area contributed by atoms with E-state index in [-0.39, 0.29) is 31.0 Å². The number of hydrogen-bond acceptors (Lipinski definition) is 7. The van der Waals surface area contributed by atoms with Crippen molar-refractivity contribution < 1.29 is 49.8 Å². The number of rotatable bonds is 10. The SMILES string of the molecule is C=C(C)C(=O)O.C=C(C)C(=O)O.CC(=CCCCO)C(=O)O.OCCOCCO. The Morgan fingerprint density at radius 1 is 0.759 bits per heavy atom. The third-order valence-electron chi connectivity index (χ3n) is 2.35. The van der Waals surface area contributed by atoms with Crippen LogP contribution in [0, 0.1) is 0 Å². The molecular formula is C19H34O10. The fourth-order valence-corrected chi connectivity index (χ4v) is 0.728. The molecule has 0 aliphatic carbocycles. The van der Waals surface area contributed by atoms with E-state index in [0.717, 1.165) is 0 Å². The van der Waals surface area contributed by atoms with Crippen LogP contribution in [0.3, 0.4) is 0 Å². The Hall–Kier alpha value is -2.53. The molecule has 0 bridgehead atoms. The molecule has 0 amide bonds. The third-order valence-corrected chi connectivity index (χ3v) is 2.35. The molecule has 0 aliphatic rings. The fraction of sp³-hybridized carbons (Fsp3) is 0.526. The van der Waals surface area contributed by atoms with Crippen molar-refractivity contribution >= 4 is 17.9 Å². The molecule has 0 aromatic carbocycles. The topological polar surface area (TPSA) is 182 Å². The fourth-order valence-electron chi connectivity index (χ4n) is 0.728. The Morgan fingerprint density at radius 3 is 1.31 bits per heavy atom. The summed E-state index contributed by atoms with van der Waals surface area (Å²) in [5, 5.41) is 48.6. The average Bonchev–Trinajstić information content (AvgIpc) is 2.63. The van der Waals surface area contributed by atoms with Crippen molar-refractivity contribution in [2.45, 2.75) is 33.6 Å². The first-order valence-electron chi connectivity index (χ1n) is 8.46. The zero-order chi connectivity index (χ0) is 23.8. The van der Waals surface area contributed by atoms with E-state index in [0.29, 0.717) is 31.6 Å². The van der Waals surface area contributed by atoms with E-state index in [9.17, 15) is 14.4 Å². The molecule has 0 saturated carbocycles. The maximum absolute atomic E-state index is 10.2. The first-order valence-corrected chi connectivity index (χ1v) is 8.46. The minimum Gasteiger partial charge on any atom is -0.478 e. The predicted octanol–water partition coefficient (Wildman–Crippen LogP) is 1.07. The van der Waals surface area contributed by atoms with Gasteiger partial charge in [-0.15, -0.1) is 0 Å². The van der Waals surface area contributed by atoms with Gasteiger partial charge >= 0.3 is 17.9 Å². The van der Waals surface area contributed by atoms with Crippen molar-refractivity contribution in [2.24, 2.45) is 0 Å². The van der Waals surface area contributed by atoms with Crippen molar-refractivity contribution in [3.05, 3.63) is 36.0 Å². The van der Waals surface area contributed by atoms with Crippen LogP contribution in [0.5, 0.6) is 0 Å². The molecule has 0 atom stereocenters. The highest BCUT2D eigenvalue weighted by molar-refractivity contribution is 5.85. The molecule has 0 rings (SSSR count). The summed E-state index contributed by atoms with van der Waals surface area (Å²) in [5.41, 5.74) is 0.693. The number of ether oxygens (including phenoxy) is 1.